The van der Waals surface area contributed by atoms with E-state index in [9.17, 15) is 5.11 Å². The molecule has 0 saturated carbocycles. The van der Waals surface area contributed by atoms with Crippen LogP contribution in [0.5, 0.6) is 0 Å². The SMILES string of the molecule is CSc1nc(Cl)cc(SC(C)C(C)O)n1. The van der Waals surface area contributed by atoms with E-state index in [2.05, 4.69) is 9.97 Å². The summed E-state index contributed by atoms with van der Waals surface area (Å²) in [4.78, 5) is 8.34. The van der Waals surface area contributed by atoms with Gasteiger partial charge in [-0.05, 0) is 13.2 Å². The average Bonchev–Trinajstić information content (AvgIpc) is 2.16. The Morgan fingerprint density at radius 3 is 2.60 bits per heavy atom. The third kappa shape index (κ3) is 4.18. The van der Waals surface area contributed by atoms with Crippen molar-refractivity contribution in [2.45, 2.75) is 35.4 Å². The van der Waals surface area contributed by atoms with Gasteiger partial charge in [0.05, 0.1) is 6.10 Å². The van der Waals surface area contributed by atoms with Crippen molar-refractivity contribution in [3.05, 3.63) is 11.2 Å². The van der Waals surface area contributed by atoms with Crippen molar-refractivity contribution in [1.82, 2.24) is 9.97 Å². The third-order valence-electron chi connectivity index (χ3n) is 1.82. The highest BCUT2D eigenvalue weighted by atomic mass is 35.5. The summed E-state index contributed by atoms with van der Waals surface area (Å²) in [6.45, 7) is 3.71. The normalized spacial score (nSPS) is 15.0. The van der Waals surface area contributed by atoms with E-state index in [-0.39, 0.29) is 11.4 Å². The number of aliphatic hydroxyl groups excluding tert-OH is 1. The molecule has 0 saturated heterocycles. The number of rotatable bonds is 4. The Labute approximate surface area is 103 Å². The van der Waals surface area contributed by atoms with Gasteiger partial charge in [-0.1, -0.05) is 30.3 Å². The molecule has 84 valence electrons. The highest BCUT2D eigenvalue weighted by Gasteiger charge is 2.12. The number of thioether (sulfide) groups is 2. The summed E-state index contributed by atoms with van der Waals surface area (Å²) in [6.07, 6.45) is 1.53. The number of hydrogen-bond donors (Lipinski definition) is 1. The molecule has 0 radical (unpaired) electrons. The number of aliphatic hydroxyl groups is 1. The maximum atomic E-state index is 9.38. The van der Waals surface area contributed by atoms with E-state index in [0.29, 0.717) is 10.3 Å². The van der Waals surface area contributed by atoms with E-state index in [1.165, 1.54) is 23.5 Å². The quantitative estimate of drug-likeness (QED) is 0.515. The monoisotopic (exact) mass is 264 g/mol. The zero-order valence-electron chi connectivity index (χ0n) is 8.77. The molecule has 15 heavy (non-hydrogen) atoms. The van der Waals surface area contributed by atoms with Crippen LogP contribution in [0, 0.1) is 0 Å². The van der Waals surface area contributed by atoms with E-state index in [4.69, 9.17) is 11.6 Å². The van der Waals surface area contributed by atoms with Gasteiger partial charge in [-0.15, -0.1) is 11.8 Å². The standard InChI is InChI=1S/C9H13ClN2OS2/c1-5(13)6(2)15-8-4-7(10)11-9(12-8)14-3/h4-6,13H,1-3H3. The second-order valence-electron chi connectivity index (χ2n) is 3.08. The van der Waals surface area contributed by atoms with Gasteiger partial charge < -0.3 is 5.11 Å². The molecule has 0 fully saturated rings. The number of halogens is 1. The molecule has 0 bridgehead atoms. The molecule has 0 amide bonds. The second-order valence-corrected chi connectivity index (χ2v) is 5.64. The first kappa shape index (κ1) is 13.1. The molecule has 0 aliphatic carbocycles. The second kappa shape index (κ2) is 5.94. The number of hydrogen-bond acceptors (Lipinski definition) is 5. The summed E-state index contributed by atoms with van der Waals surface area (Å²) in [7, 11) is 0. The van der Waals surface area contributed by atoms with Crippen molar-refractivity contribution < 1.29 is 5.11 Å². The maximum absolute atomic E-state index is 9.38. The largest absolute Gasteiger partial charge is 0.392 e. The van der Waals surface area contributed by atoms with Crippen LogP contribution < -0.4 is 0 Å². The van der Waals surface area contributed by atoms with Crippen molar-refractivity contribution in [1.29, 1.82) is 0 Å². The molecule has 1 aromatic rings. The van der Waals surface area contributed by atoms with Crippen molar-refractivity contribution >= 4 is 35.1 Å². The minimum Gasteiger partial charge on any atom is -0.392 e. The molecule has 2 atom stereocenters. The summed E-state index contributed by atoms with van der Waals surface area (Å²) in [5, 5.41) is 11.4. The Hall–Kier alpha value is 0.0300. The fraction of sp³-hybridized carbons (Fsp3) is 0.556. The van der Waals surface area contributed by atoms with Crippen LogP contribution in [-0.2, 0) is 0 Å². The first-order chi connectivity index (χ1) is 7.02. The van der Waals surface area contributed by atoms with Crippen molar-refractivity contribution in [2.24, 2.45) is 0 Å². The molecule has 0 spiro atoms. The van der Waals surface area contributed by atoms with Gasteiger partial charge in [-0.25, -0.2) is 9.97 Å². The zero-order valence-corrected chi connectivity index (χ0v) is 11.2. The fourth-order valence-electron chi connectivity index (χ4n) is 0.818. The minimum absolute atomic E-state index is 0.0886. The van der Waals surface area contributed by atoms with Crippen LogP contribution in [0.25, 0.3) is 0 Å². The Balaban J connectivity index is 2.80. The molecule has 0 aliphatic heterocycles. The fourth-order valence-corrected chi connectivity index (χ4v) is 2.45. The van der Waals surface area contributed by atoms with Gasteiger partial charge in [-0.3, -0.25) is 0 Å². The van der Waals surface area contributed by atoms with E-state index < -0.39 is 0 Å². The molecule has 3 nitrogen and oxygen atoms in total. The molecule has 1 N–H and O–H groups in total. The average molecular weight is 265 g/mol. The summed E-state index contributed by atoms with van der Waals surface area (Å²) in [5.41, 5.74) is 0. The summed E-state index contributed by atoms with van der Waals surface area (Å²) in [6, 6.07) is 1.71. The Morgan fingerprint density at radius 1 is 1.40 bits per heavy atom. The zero-order chi connectivity index (χ0) is 11.4. The lowest BCUT2D eigenvalue weighted by molar-refractivity contribution is 0.196. The van der Waals surface area contributed by atoms with Crippen LogP contribution in [0.2, 0.25) is 5.15 Å². The predicted octanol–water partition coefficient (Wildman–Crippen LogP) is 2.71. The number of aromatic nitrogens is 2. The van der Waals surface area contributed by atoms with E-state index in [1.54, 1.807) is 13.0 Å². The maximum Gasteiger partial charge on any atom is 0.189 e. The van der Waals surface area contributed by atoms with Gasteiger partial charge in [-0.2, -0.15) is 0 Å². The molecular weight excluding hydrogens is 252 g/mol. The van der Waals surface area contributed by atoms with Crippen LogP contribution in [0.15, 0.2) is 16.2 Å². The molecule has 1 heterocycles. The first-order valence-electron chi connectivity index (χ1n) is 4.46. The minimum atomic E-state index is -0.374. The molecule has 0 aliphatic rings. The van der Waals surface area contributed by atoms with Gasteiger partial charge >= 0.3 is 0 Å². The first-order valence-corrected chi connectivity index (χ1v) is 6.94. The predicted molar refractivity (Wildman–Crippen MR) is 65.8 cm³/mol. The Bertz CT molecular complexity index is 336. The molecular formula is C9H13ClN2OS2. The summed E-state index contributed by atoms with van der Waals surface area (Å²) in [5.74, 6) is 0. The van der Waals surface area contributed by atoms with E-state index >= 15 is 0 Å². The van der Waals surface area contributed by atoms with Gasteiger partial charge in [0.1, 0.15) is 10.2 Å². The van der Waals surface area contributed by atoms with Crippen molar-refractivity contribution in [2.75, 3.05) is 6.26 Å². The van der Waals surface area contributed by atoms with Crippen LogP contribution in [-0.4, -0.2) is 32.7 Å². The highest BCUT2D eigenvalue weighted by Crippen LogP contribution is 2.26. The van der Waals surface area contributed by atoms with Gasteiger partial charge in [0.15, 0.2) is 5.16 Å². The van der Waals surface area contributed by atoms with Crippen LogP contribution in [0.1, 0.15) is 13.8 Å². The number of nitrogens with zero attached hydrogens (tertiary/aromatic N) is 2. The Morgan fingerprint density at radius 2 is 2.07 bits per heavy atom. The highest BCUT2D eigenvalue weighted by molar-refractivity contribution is 8.00. The molecule has 2 unspecified atom stereocenters. The van der Waals surface area contributed by atoms with E-state index in [1.807, 2.05) is 13.2 Å². The summed E-state index contributed by atoms with van der Waals surface area (Å²) < 4.78 is 0. The van der Waals surface area contributed by atoms with E-state index in [0.717, 1.165) is 5.03 Å². The topological polar surface area (TPSA) is 46.0 Å². The van der Waals surface area contributed by atoms with Gasteiger partial charge in [0.2, 0.25) is 0 Å². The third-order valence-corrected chi connectivity index (χ3v) is 3.78. The lowest BCUT2D eigenvalue weighted by Crippen LogP contribution is -2.15. The van der Waals surface area contributed by atoms with Gasteiger partial charge in [0, 0.05) is 11.3 Å². The lowest BCUT2D eigenvalue weighted by atomic mass is 10.3. The molecule has 1 rings (SSSR count). The Kier molecular flexibility index (Phi) is 5.18. The lowest BCUT2D eigenvalue weighted by Gasteiger charge is -2.13. The smallest absolute Gasteiger partial charge is 0.189 e. The van der Waals surface area contributed by atoms with Crippen molar-refractivity contribution in [3.8, 4) is 0 Å². The van der Waals surface area contributed by atoms with Crippen LogP contribution in [0.3, 0.4) is 0 Å². The molecule has 1 aromatic heterocycles. The van der Waals surface area contributed by atoms with Crippen molar-refractivity contribution in [3.63, 3.8) is 0 Å². The van der Waals surface area contributed by atoms with Crippen LogP contribution in [0.4, 0.5) is 0 Å². The molecule has 6 heteroatoms. The summed E-state index contributed by atoms with van der Waals surface area (Å²) >= 11 is 8.80. The van der Waals surface area contributed by atoms with Gasteiger partial charge in [0.25, 0.3) is 0 Å². The van der Waals surface area contributed by atoms with Crippen LogP contribution >= 0.6 is 35.1 Å². The molecule has 0 aromatic carbocycles.